The summed E-state index contributed by atoms with van der Waals surface area (Å²) in [7, 11) is 2.25. The third-order valence-corrected chi connectivity index (χ3v) is 6.06. The summed E-state index contributed by atoms with van der Waals surface area (Å²) in [6.45, 7) is 2.99. The van der Waals surface area contributed by atoms with Gasteiger partial charge in [-0.25, -0.2) is 0 Å². The fourth-order valence-electron chi connectivity index (χ4n) is 4.66. The van der Waals surface area contributed by atoms with Gasteiger partial charge >= 0.3 is 0 Å². The molecule has 4 rings (SSSR count). The van der Waals surface area contributed by atoms with E-state index in [1.165, 1.54) is 12.8 Å². The Morgan fingerprint density at radius 3 is 2.42 bits per heavy atom. The van der Waals surface area contributed by atoms with Gasteiger partial charge in [0.1, 0.15) is 5.84 Å². The van der Waals surface area contributed by atoms with E-state index < -0.39 is 0 Å². The SMILES string of the molecule is CCCCN=C1c2ccccc2C(=O)N1C1CC2CCC(C1)N2C. The lowest BCUT2D eigenvalue weighted by Crippen LogP contribution is -2.50. The molecule has 4 heteroatoms. The number of amides is 1. The van der Waals surface area contributed by atoms with E-state index in [1.54, 1.807) is 0 Å². The Balaban J connectivity index is 1.66. The van der Waals surface area contributed by atoms with Gasteiger partial charge in [0.05, 0.1) is 5.56 Å². The Morgan fingerprint density at radius 2 is 1.75 bits per heavy atom. The van der Waals surface area contributed by atoms with Crippen LogP contribution in [-0.4, -0.2) is 53.3 Å². The Morgan fingerprint density at radius 1 is 1.08 bits per heavy atom. The number of amidine groups is 1. The molecule has 0 radical (unpaired) electrons. The fraction of sp³-hybridized carbons (Fsp3) is 0.600. The molecule has 24 heavy (non-hydrogen) atoms. The molecule has 2 fully saturated rings. The van der Waals surface area contributed by atoms with Crippen LogP contribution < -0.4 is 0 Å². The molecule has 0 saturated carbocycles. The van der Waals surface area contributed by atoms with Gasteiger partial charge < -0.3 is 4.90 Å². The van der Waals surface area contributed by atoms with Gasteiger partial charge in [-0.2, -0.15) is 0 Å². The van der Waals surface area contributed by atoms with Crippen LogP contribution in [0, 0.1) is 0 Å². The topological polar surface area (TPSA) is 35.9 Å². The minimum absolute atomic E-state index is 0.162. The van der Waals surface area contributed by atoms with Crippen LogP contribution in [0.3, 0.4) is 0 Å². The molecule has 0 N–H and O–H groups in total. The molecule has 2 atom stereocenters. The maximum absolute atomic E-state index is 13.1. The van der Waals surface area contributed by atoms with Crippen molar-refractivity contribution in [3.8, 4) is 0 Å². The molecule has 1 aromatic carbocycles. The zero-order chi connectivity index (χ0) is 16.7. The molecular formula is C20H27N3O. The smallest absolute Gasteiger partial charge is 0.260 e. The third kappa shape index (κ3) is 2.48. The number of unbranched alkanes of at least 4 members (excludes halogenated alkanes) is 1. The summed E-state index contributed by atoms with van der Waals surface area (Å²) < 4.78 is 0. The summed E-state index contributed by atoms with van der Waals surface area (Å²) in [5, 5.41) is 0. The highest BCUT2D eigenvalue weighted by Crippen LogP contribution is 2.39. The van der Waals surface area contributed by atoms with Crippen LogP contribution in [0.4, 0.5) is 0 Å². The second-order valence-corrected chi connectivity index (χ2v) is 7.46. The minimum atomic E-state index is 0.162. The van der Waals surface area contributed by atoms with Crippen molar-refractivity contribution in [2.75, 3.05) is 13.6 Å². The second kappa shape index (κ2) is 6.32. The number of carbonyl (C=O) groups excluding carboxylic acids is 1. The highest BCUT2D eigenvalue weighted by molar-refractivity contribution is 6.23. The summed E-state index contributed by atoms with van der Waals surface area (Å²) in [6.07, 6.45) is 6.92. The quantitative estimate of drug-likeness (QED) is 0.796. The molecule has 2 bridgehead atoms. The van der Waals surface area contributed by atoms with E-state index in [2.05, 4.69) is 24.9 Å². The number of aliphatic imine (C=N–C) groups is 1. The Labute approximate surface area is 144 Å². The van der Waals surface area contributed by atoms with Crippen LogP contribution in [0.1, 0.15) is 61.4 Å². The van der Waals surface area contributed by atoms with E-state index in [1.807, 2.05) is 23.1 Å². The number of benzene rings is 1. The van der Waals surface area contributed by atoms with Crippen molar-refractivity contribution >= 4 is 11.7 Å². The average molecular weight is 325 g/mol. The van der Waals surface area contributed by atoms with Crippen molar-refractivity contribution in [1.82, 2.24) is 9.80 Å². The zero-order valence-corrected chi connectivity index (χ0v) is 14.7. The molecular weight excluding hydrogens is 298 g/mol. The van der Waals surface area contributed by atoms with Crippen molar-refractivity contribution in [1.29, 1.82) is 0 Å². The summed E-state index contributed by atoms with van der Waals surface area (Å²) >= 11 is 0. The molecule has 2 unspecified atom stereocenters. The van der Waals surface area contributed by atoms with Gasteiger partial charge in [-0.05, 0) is 45.2 Å². The van der Waals surface area contributed by atoms with Crippen LogP contribution >= 0.6 is 0 Å². The first kappa shape index (κ1) is 15.8. The predicted molar refractivity (Wildman–Crippen MR) is 96.5 cm³/mol. The summed E-state index contributed by atoms with van der Waals surface area (Å²) in [4.78, 5) is 22.5. The van der Waals surface area contributed by atoms with Gasteiger partial charge in [0, 0.05) is 30.2 Å². The number of hydrogen-bond donors (Lipinski definition) is 0. The molecule has 3 aliphatic rings. The van der Waals surface area contributed by atoms with Crippen molar-refractivity contribution in [3.05, 3.63) is 35.4 Å². The Hall–Kier alpha value is -1.68. The largest absolute Gasteiger partial charge is 0.300 e. The molecule has 0 aliphatic carbocycles. The van der Waals surface area contributed by atoms with Crippen molar-refractivity contribution in [2.45, 2.75) is 63.6 Å². The summed E-state index contributed by atoms with van der Waals surface area (Å²) in [6, 6.07) is 9.55. The highest BCUT2D eigenvalue weighted by Gasteiger charge is 2.45. The van der Waals surface area contributed by atoms with Gasteiger partial charge in [-0.15, -0.1) is 0 Å². The predicted octanol–water partition coefficient (Wildman–Crippen LogP) is 3.31. The molecule has 0 spiro atoms. The number of rotatable bonds is 4. The Kier molecular flexibility index (Phi) is 4.17. The molecule has 4 nitrogen and oxygen atoms in total. The zero-order valence-electron chi connectivity index (χ0n) is 14.7. The second-order valence-electron chi connectivity index (χ2n) is 7.46. The van der Waals surface area contributed by atoms with E-state index in [4.69, 9.17) is 4.99 Å². The molecule has 2 saturated heterocycles. The van der Waals surface area contributed by atoms with Crippen LogP contribution in [0.25, 0.3) is 0 Å². The van der Waals surface area contributed by atoms with Gasteiger partial charge in [-0.3, -0.25) is 14.7 Å². The number of piperidine rings is 1. The normalized spacial score (nSPS) is 31.1. The van der Waals surface area contributed by atoms with E-state index in [9.17, 15) is 4.79 Å². The lowest BCUT2D eigenvalue weighted by atomic mass is 9.96. The highest BCUT2D eigenvalue weighted by atomic mass is 16.2. The summed E-state index contributed by atoms with van der Waals surface area (Å²) in [5.74, 6) is 1.09. The fourth-order valence-corrected chi connectivity index (χ4v) is 4.66. The number of fused-ring (bicyclic) bond motifs is 3. The molecule has 1 amide bonds. The first-order chi connectivity index (χ1) is 11.7. The maximum atomic E-state index is 13.1. The molecule has 0 aromatic heterocycles. The standard InChI is InChI=1S/C20H27N3O/c1-3-4-11-21-19-17-7-5-6-8-18(17)20(24)23(19)16-12-14-9-10-15(13-16)22(14)2/h5-8,14-16H,3-4,9-13H2,1-2H3. The van der Waals surface area contributed by atoms with Crippen molar-refractivity contribution < 1.29 is 4.79 Å². The van der Waals surface area contributed by atoms with Gasteiger partial charge in [0.25, 0.3) is 5.91 Å². The first-order valence-corrected chi connectivity index (χ1v) is 9.40. The molecule has 3 aliphatic heterocycles. The number of carbonyl (C=O) groups is 1. The van der Waals surface area contributed by atoms with E-state index in [0.29, 0.717) is 18.1 Å². The van der Waals surface area contributed by atoms with Crippen LogP contribution in [0.2, 0.25) is 0 Å². The van der Waals surface area contributed by atoms with Crippen LogP contribution in [0.15, 0.2) is 29.3 Å². The van der Waals surface area contributed by atoms with Crippen LogP contribution in [-0.2, 0) is 0 Å². The number of hydrogen-bond acceptors (Lipinski definition) is 3. The van der Waals surface area contributed by atoms with Gasteiger partial charge in [0.15, 0.2) is 0 Å². The lowest BCUT2D eigenvalue weighted by molar-refractivity contribution is 0.0687. The van der Waals surface area contributed by atoms with E-state index in [0.717, 1.165) is 49.2 Å². The number of nitrogens with zero attached hydrogens (tertiary/aromatic N) is 3. The third-order valence-electron chi connectivity index (χ3n) is 6.06. The lowest BCUT2D eigenvalue weighted by Gasteiger charge is -2.40. The van der Waals surface area contributed by atoms with Gasteiger partial charge in [-0.1, -0.05) is 31.5 Å². The Bertz CT molecular complexity index is 655. The van der Waals surface area contributed by atoms with Crippen LogP contribution in [0.5, 0.6) is 0 Å². The van der Waals surface area contributed by atoms with Crippen molar-refractivity contribution in [2.24, 2.45) is 4.99 Å². The van der Waals surface area contributed by atoms with E-state index in [-0.39, 0.29) is 5.91 Å². The average Bonchev–Trinajstić information content (AvgIpc) is 2.97. The van der Waals surface area contributed by atoms with Crippen molar-refractivity contribution in [3.63, 3.8) is 0 Å². The molecule has 3 heterocycles. The minimum Gasteiger partial charge on any atom is -0.300 e. The van der Waals surface area contributed by atoms with Gasteiger partial charge in [0.2, 0.25) is 0 Å². The molecule has 128 valence electrons. The monoisotopic (exact) mass is 325 g/mol. The molecule has 1 aromatic rings. The first-order valence-electron chi connectivity index (χ1n) is 9.40. The summed E-state index contributed by atoms with van der Waals surface area (Å²) in [5.41, 5.74) is 1.86. The maximum Gasteiger partial charge on any atom is 0.260 e. The van der Waals surface area contributed by atoms with E-state index >= 15 is 0 Å².